The minimum absolute atomic E-state index is 0.0138. The second-order valence-electron chi connectivity index (χ2n) is 6.76. The third kappa shape index (κ3) is 5.76. The predicted molar refractivity (Wildman–Crippen MR) is 109 cm³/mol. The number of rotatable bonds is 8. The number of hydrogen-bond acceptors (Lipinski definition) is 9. The van der Waals surface area contributed by atoms with Crippen LogP contribution in [0.2, 0.25) is 0 Å². The normalized spacial score (nSPS) is 12.9. The Morgan fingerprint density at radius 1 is 1.21 bits per heavy atom. The van der Waals surface area contributed by atoms with Crippen LogP contribution in [-0.4, -0.2) is 20.0 Å². The van der Waals surface area contributed by atoms with Gasteiger partial charge in [-0.2, -0.15) is 0 Å². The van der Waals surface area contributed by atoms with Gasteiger partial charge < -0.3 is 19.0 Å². The van der Waals surface area contributed by atoms with Gasteiger partial charge in [0.25, 0.3) is 13.6 Å². The fourth-order valence-corrected chi connectivity index (χ4v) is 3.19. The van der Waals surface area contributed by atoms with E-state index >= 15 is 0 Å². The lowest BCUT2D eigenvalue weighted by atomic mass is 10.1. The summed E-state index contributed by atoms with van der Waals surface area (Å²) in [6.45, 7) is -0.514. The van der Waals surface area contributed by atoms with Crippen LogP contribution in [0, 0.1) is 5.82 Å². The number of phosphoric acid groups is 1. The fraction of sp³-hybridized carbons (Fsp3) is 0.100. The maximum atomic E-state index is 14.4. The van der Waals surface area contributed by atoms with E-state index in [0.717, 1.165) is 0 Å². The summed E-state index contributed by atoms with van der Waals surface area (Å²) < 4.78 is 41.6. The van der Waals surface area contributed by atoms with E-state index in [0.29, 0.717) is 22.6 Å². The van der Waals surface area contributed by atoms with Gasteiger partial charge in [-0.25, -0.2) is 18.9 Å². The Morgan fingerprint density at radius 2 is 2.00 bits per heavy atom. The van der Waals surface area contributed by atoms with E-state index < -0.39 is 20.4 Å². The number of hydrogen-bond donors (Lipinski definition) is 2. The van der Waals surface area contributed by atoms with E-state index in [-0.39, 0.29) is 24.0 Å². The zero-order valence-electron chi connectivity index (χ0n) is 16.9. The maximum absolute atomic E-state index is 14.4. The number of aromatic nitrogens is 4. The van der Waals surface area contributed by atoms with Crippen molar-refractivity contribution in [2.45, 2.75) is 13.2 Å². The molecule has 0 saturated carbocycles. The Kier molecular flexibility index (Phi) is 6.43. The molecule has 3 aromatic heterocycles. The summed E-state index contributed by atoms with van der Waals surface area (Å²) in [5, 5.41) is 3.98. The van der Waals surface area contributed by atoms with Gasteiger partial charge >= 0.3 is 6.01 Å². The van der Waals surface area contributed by atoms with Gasteiger partial charge in [-0.05, 0) is 35.9 Å². The molecule has 0 bridgehead atoms. The molecule has 1 unspecified atom stereocenters. The van der Waals surface area contributed by atoms with Gasteiger partial charge in [0.05, 0.1) is 11.9 Å². The summed E-state index contributed by atoms with van der Waals surface area (Å²) in [7, 11) is -4.91. The first-order valence-electron chi connectivity index (χ1n) is 9.44. The quantitative estimate of drug-likeness (QED) is 0.286. The summed E-state index contributed by atoms with van der Waals surface area (Å²) in [5.74, 6) is -0.158. The van der Waals surface area contributed by atoms with Crippen molar-refractivity contribution in [2.75, 3.05) is 5.73 Å². The van der Waals surface area contributed by atoms with Crippen molar-refractivity contribution < 1.29 is 37.1 Å². The Labute approximate surface area is 186 Å². The summed E-state index contributed by atoms with van der Waals surface area (Å²) in [5.41, 5.74) is 7.61. The average Bonchev–Trinajstić information content (AvgIpc) is 3.23. The monoisotopic (exact) mass is 473 g/mol. The summed E-state index contributed by atoms with van der Waals surface area (Å²) in [4.78, 5) is 27.4. The van der Waals surface area contributed by atoms with Crippen LogP contribution in [0.3, 0.4) is 0 Å². The van der Waals surface area contributed by atoms with Gasteiger partial charge in [0.15, 0.2) is 24.1 Å². The fourth-order valence-electron chi connectivity index (χ4n) is 2.92. The molecule has 1 atom stereocenters. The van der Waals surface area contributed by atoms with Crippen molar-refractivity contribution in [3.8, 4) is 23.1 Å². The SMILES string of the molecule is Nc1c(-c2cc(Cc3ccc(Oc4ncccn4)c(F)c3)no2)ccc[n+]1COP(=O)([O-])O. The third-order valence-corrected chi connectivity index (χ3v) is 4.87. The number of phosphoric ester groups is 1. The van der Waals surface area contributed by atoms with Gasteiger partial charge in [0.1, 0.15) is 5.56 Å². The molecule has 0 amide bonds. The van der Waals surface area contributed by atoms with Gasteiger partial charge in [-0.15, -0.1) is 0 Å². The second-order valence-corrected chi connectivity index (χ2v) is 7.96. The topological polar surface area (TPSA) is 161 Å². The first-order chi connectivity index (χ1) is 15.8. The Balaban J connectivity index is 1.48. The molecule has 0 aliphatic heterocycles. The summed E-state index contributed by atoms with van der Waals surface area (Å²) >= 11 is 0. The molecular formula is C20H17FN5O6P. The molecule has 33 heavy (non-hydrogen) atoms. The van der Waals surface area contributed by atoms with Gasteiger partial charge in [-0.3, -0.25) is 14.8 Å². The first-order valence-corrected chi connectivity index (χ1v) is 10.9. The number of nitrogens with zero attached hydrogens (tertiary/aromatic N) is 4. The zero-order valence-corrected chi connectivity index (χ0v) is 17.8. The number of pyridine rings is 1. The second kappa shape index (κ2) is 9.43. The number of anilines is 1. The van der Waals surface area contributed by atoms with Crippen LogP contribution < -0.4 is 19.9 Å². The number of halogens is 1. The molecule has 3 heterocycles. The molecule has 170 valence electrons. The van der Waals surface area contributed by atoms with Crippen LogP contribution in [0.4, 0.5) is 10.2 Å². The molecule has 4 aromatic rings. The Morgan fingerprint density at radius 3 is 2.73 bits per heavy atom. The maximum Gasteiger partial charge on any atom is 0.321 e. The van der Waals surface area contributed by atoms with Crippen LogP contribution >= 0.6 is 7.82 Å². The summed E-state index contributed by atoms with van der Waals surface area (Å²) in [6.07, 6.45) is 4.71. The lowest BCUT2D eigenvalue weighted by Crippen LogP contribution is -2.38. The highest BCUT2D eigenvalue weighted by Crippen LogP contribution is 2.31. The van der Waals surface area contributed by atoms with Crippen molar-refractivity contribution in [3.05, 3.63) is 78.1 Å². The molecule has 0 spiro atoms. The molecule has 0 fully saturated rings. The third-order valence-electron chi connectivity index (χ3n) is 4.42. The number of nitrogens with two attached hydrogens (primary N) is 1. The number of benzene rings is 1. The molecule has 0 aliphatic carbocycles. The molecule has 4 rings (SSSR count). The van der Waals surface area contributed by atoms with Gasteiger partial charge in [0.2, 0.25) is 0 Å². The molecule has 0 aliphatic rings. The highest BCUT2D eigenvalue weighted by molar-refractivity contribution is 7.44. The van der Waals surface area contributed by atoms with Crippen molar-refractivity contribution in [1.29, 1.82) is 0 Å². The Hall–Kier alpha value is -3.70. The highest BCUT2D eigenvalue weighted by atomic mass is 31.2. The van der Waals surface area contributed by atoms with E-state index in [1.165, 1.54) is 35.3 Å². The van der Waals surface area contributed by atoms with Crippen molar-refractivity contribution in [2.24, 2.45) is 0 Å². The van der Waals surface area contributed by atoms with Crippen LogP contribution in [0.15, 0.2) is 65.6 Å². The van der Waals surface area contributed by atoms with Gasteiger partial charge in [0, 0.05) is 24.9 Å². The molecule has 3 N–H and O–H groups in total. The van der Waals surface area contributed by atoms with Crippen molar-refractivity contribution in [3.63, 3.8) is 0 Å². The lowest BCUT2D eigenvalue weighted by molar-refractivity contribution is -0.712. The molecule has 11 nitrogen and oxygen atoms in total. The van der Waals surface area contributed by atoms with E-state index in [4.69, 9.17) is 19.9 Å². The van der Waals surface area contributed by atoms with Crippen LogP contribution in [0.25, 0.3) is 11.3 Å². The Bertz CT molecular complexity index is 1310. The molecule has 0 radical (unpaired) electrons. The van der Waals surface area contributed by atoms with Crippen LogP contribution in [0.5, 0.6) is 11.8 Å². The molecule has 1 aromatic carbocycles. The molecule has 13 heteroatoms. The van der Waals surface area contributed by atoms with E-state index in [2.05, 4.69) is 19.6 Å². The minimum atomic E-state index is -4.91. The van der Waals surface area contributed by atoms with Crippen LogP contribution in [0.1, 0.15) is 11.3 Å². The van der Waals surface area contributed by atoms with E-state index in [9.17, 15) is 13.8 Å². The molecule has 0 saturated heterocycles. The smallest absolute Gasteiger partial charge is 0.321 e. The van der Waals surface area contributed by atoms with Crippen molar-refractivity contribution >= 4 is 13.6 Å². The largest absolute Gasteiger partial charge is 0.756 e. The van der Waals surface area contributed by atoms with E-state index in [1.54, 1.807) is 30.3 Å². The van der Waals surface area contributed by atoms with Crippen molar-refractivity contribution in [1.82, 2.24) is 15.1 Å². The summed E-state index contributed by atoms with van der Waals surface area (Å²) in [6, 6.07) is 11.0. The van der Waals surface area contributed by atoms with Gasteiger partial charge in [-0.1, -0.05) is 11.2 Å². The number of ether oxygens (including phenoxy) is 1. The minimum Gasteiger partial charge on any atom is -0.756 e. The standard InChI is InChI=1S/C20H17FN5O6P/c21-16-10-13(4-5-17(16)31-20-23-6-2-7-24-20)9-14-11-18(32-25-14)15-3-1-8-26(19(15)22)12-30-33(27,28)29/h1-8,10-11,22H,9,12H2,(H2,27,28,29). The first kappa shape index (κ1) is 22.5. The zero-order chi connectivity index (χ0) is 23.4. The predicted octanol–water partition coefficient (Wildman–Crippen LogP) is 1.96. The number of nitrogen functional groups attached to an aromatic ring is 1. The molecular weight excluding hydrogens is 456 g/mol. The highest BCUT2D eigenvalue weighted by Gasteiger charge is 2.18. The van der Waals surface area contributed by atoms with E-state index in [1.807, 2.05) is 0 Å². The lowest BCUT2D eigenvalue weighted by Gasteiger charge is -2.14. The average molecular weight is 473 g/mol. The van der Waals surface area contributed by atoms with Crippen LogP contribution in [-0.2, 0) is 22.2 Å².